The molecule has 2 aromatic heterocycles. The molecule has 25 heavy (non-hydrogen) atoms. The number of ether oxygens (including phenoxy) is 1. The molecule has 1 aliphatic rings. The minimum absolute atomic E-state index is 0.126. The Kier molecular flexibility index (Phi) is 3.64. The summed E-state index contributed by atoms with van der Waals surface area (Å²) in [4.78, 5) is 23.6. The molecule has 0 aliphatic heterocycles. The number of halogens is 1. The van der Waals surface area contributed by atoms with Crippen molar-refractivity contribution in [1.29, 1.82) is 0 Å². The van der Waals surface area contributed by atoms with Crippen LogP contribution in [-0.4, -0.2) is 25.6 Å². The molecule has 3 aromatic rings. The number of hydrogen-bond donors (Lipinski definition) is 1. The first-order valence-electron chi connectivity index (χ1n) is 7.75. The normalized spacial score (nSPS) is 13.6. The van der Waals surface area contributed by atoms with Crippen LogP contribution in [-0.2, 0) is 0 Å². The molecule has 0 atom stereocenters. The third-order valence-corrected chi connectivity index (χ3v) is 3.92. The van der Waals surface area contributed by atoms with E-state index >= 15 is 0 Å². The summed E-state index contributed by atoms with van der Waals surface area (Å²) in [6.07, 6.45) is 4.37. The second-order valence-electron chi connectivity index (χ2n) is 5.73. The van der Waals surface area contributed by atoms with Crippen molar-refractivity contribution in [3.8, 4) is 28.7 Å². The fourth-order valence-electron chi connectivity index (χ4n) is 2.68. The summed E-state index contributed by atoms with van der Waals surface area (Å²) in [5.41, 5.74) is 7.79. The van der Waals surface area contributed by atoms with Gasteiger partial charge in [-0.05, 0) is 43.2 Å². The Morgan fingerprint density at radius 2 is 1.96 bits per heavy atom. The van der Waals surface area contributed by atoms with Crippen molar-refractivity contribution in [3.05, 3.63) is 48.7 Å². The Bertz CT molecular complexity index is 934. The number of hydrogen-bond acceptors (Lipinski definition) is 5. The van der Waals surface area contributed by atoms with Crippen LogP contribution in [0, 0.1) is 5.82 Å². The Balaban J connectivity index is 1.83. The highest BCUT2D eigenvalue weighted by molar-refractivity contribution is 5.77. The van der Waals surface area contributed by atoms with E-state index < -0.39 is 6.09 Å². The molecule has 1 fully saturated rings. The number of primary amides is 1. The number of nitrogens with two attached hydrogens (primary N) is 1. The molecule has 8 heteroatoms. The van der Waals surface area contributed by atoms with Crippen molar-refractivity contribution in [2.45, 2.75) is 18.9 Å². The van der Waals surface area contributed by atoms with Crippen LogP contribution in [0.1, 0.15) is 18.9 Å². The highest BCUT2D eigenvalue weighted by atomic mass is 19.1. The fraction of sp³-hybridized carbons (Fsp3) is 0.176. The number of rotatable bonds is 4. The van der Waals surface area contributed by atoms with E-state index in [4.69, 9.17) is 10.5 Å². The minimum Gasteiger partial charge on any atom is -0.374 e. The lowest BCUT2D eigenvalue weighted by molar-refractivity contribution is 0.207. The molecule has 1 aliphatic carbocycles. The van der Waals surface area contributed by atoms with Gasteiger partial charge in [-0.15, -0.1) is 0 Å². The average molecular weight is 339 g/mol. The van der Waals surface area contributed by atoms with Gasteiger partial charge in [0.1, 0.15) is 5.82 Å². The van der Waals surface area contributed by atoms with Crippen molar-refractivity contribution in [3.63, 3.8) is 0 Å². The lowest BCUT2D eigenvalue weighted by Crippen LogP contribution is -2.17. The first-order chi connectivity index (χ1) is 12.1. The van der Waals surface area contributed by atoms with Gasteiger partial charge >= 0.3 is 12.1 Å². The van der Waals surface area contributed by atoms with Gasteiger partial charge < -0.3 is 15.0 Å². The predicted octanol–water partition coefficient (Wildman–Crippen LogP) is 2.94. The highest BCUT2D eigenvalue weighted by Gasteiger charge is 2.29. The molecule has 0 unspecified atom stereocenters. The maximum atomic E-state index is 13.2. The Hall–Kier alpha value is -3.29. The van der Waals surface area contributed by atoms with Crippen molar-refractivity contribution < 1.29 is 13.9 Å². The molecule has 4 rings (SSSR count). The van der Waals surface area contributed by atoms with Gasteiger partial charge in [-0.25, -0.2) is 19.2 Å². The number of benzene rings is 1. The molecule has 2 N–H and O–H groups in total. The molecule has 0 spiro atoms. The first-order valence-corrected chi connectivity index (χ1v) is 7.75. The first kappa shape index (κ1) is 15.3. The molecule has 1 saturated carbocycles. The summed E-state index contributed by atoms with van der Waals surface area (Å²) in [6.45, 7) is 0. The average Bonchev–Trinajstić information content (AvgIpc) is 3.34. The molecule has 0 saturated heterocycles. The number of aromatic nitrogens is 4. The van der Waals surface area contributed by atoms with Crippen LogP contribution < -0.4 is 10.5 Å². The highest BCUT2D eigenvalue weighted by Crippen LogP contribution is 2.41. The topological polar surface area (TPSA) is 95.9 Å². The maximum Gasteiger partial charge on any atom is 0.412 e. The SMILES string of the molecule is NC(=O)Oc1nccc(-c2c(-c3ccc(F)cc3)ncn2C2CC2)n1. The lowest BCUT2D eigenvalue weighted by atomic mass is 10.1. The molecule has 0 radical (unpaired) electrons. The lowest BCUT2D eigenvalue weighted by Gasteiger charge is -2.09. The Morgan fingerprint density at radius 1 is 1.20 bits per heavy atom. The Labute approximate surface area is 142 Å². The Morgan fingerprint density at radius 3 is 2.64 bits per heavy atom. The van der Waals surface area contributed by atoms with Gasteiger partial charge in [-0.2, -0.15) is 4.98 Å². The summed E-state index contributed by atoms with van der Waals surface area (Å²) >= 11 is 0. The van der Waals surface area contributed by atoms with Gasteiger partial charge in [0.05, 0.1) is 23.4 Å². The van der Waals surface area contributed by atoms with Gasteiger partial charge in [0.25, 0.3) is 0 Å². The van der Waals surface area contributed by atoms with Gasteiger partial charge in [-0.1, -0.05) is 0 Å². The van der Waals surface area contributed by atoms with Gasteiger partial charge in [-0.3, -0.25) is 0 Å². The number of carbonyl (C=O) groups is 1. The molecule has 1 amide bonds. The van der Waals surface area contributed by atoms with Gasteiger partial charge in [0.2, 0.25) is 0 Å². The molecular weight excluding hydrogens is 325 g/mol. The van der Waals surface area contributed by atoms with E-state index in [0.29, 0.717) is 17.4 Å². The molecule has 7 nitrogen and oxygen atoms in total. The van der Waals surface area contributed by atoms with Crippen LogP contribution in [0.5, 0.6) is 6.01 Å². The van der Waals surface area contributed by atoms with E-state index in [0.717, 1.165) is 24.1 Å². The second-order valence-corrected chi connectivity index (χ2v) is 5.73. The number of nitrogens with zero attached hydrogens (tertiary/aromatic N) is 4. The summed E-state index contributed by atoms with van der Waals surface area (Å²) in [5, 5.41) is 0. The van der Waals surface area contributed by atoms with Crippen molar-refractivity contribution >= 4 is 6.09 Å². The summed E-state index contributed by atoms with van der Waals surface area (Å²) < 4.78 is 20.0. The number of imidazole rings is 1. The van der Waals surface area contributed by atoms with E-state index in [9.17, 15) is 9.18 Å². The zero-order chi connectivity index (χ0) is 17.4. The molecule has 0 bridgehead atoms. The zero-order valence-electron chi connectivity index (χ0n) is 13.1. The van der Waals surface area contributed by atoms with E-state index in [1.165, 1.54) is 18.3 Å². The summed E-state index contributed by atoms with van der Waals surface area (Å²) in [7, 11) is 0. The fourth-order valence-corrected chi connectivity index (χ4v) is 2.68. The number of amides is 1. The number of carbonyl (C=O) groups excluding carboxylic acids is 1. The summed E-state index contributed by atoms with van der Waals surface area (Å²) in [6, 6.07) is 8.04. The van der Waals surface area contributed by atoms with Crippen LogP contribution in [0.3, 0.4) is 0 Å². The summed E-state index contributed by atoms with van der Waals surface area (Å²) in [5.74, 6) is -0.314. The van der Waals surface area contributed by atoms with Crippen molar-refractivity contribution in [2.24, 2.45) is 5.73 Å². The van der Waals surface area contributed by atoms with Crippen LogP contribution >= 0.6 is 0 Å². The standard InChI is InChI=1S/C17H14FN5O2/c18-11-3-1-10(2-4-11)14-15(23(9-21-14)12-5-6-12)13-7-8-20-17(22-13)25-16(19)24/h1-4,7-9,12H,5-6H2,(H2,19,24). The third-order valence-electron chi connectivity index (χ3n) is 3.92. The van der Waals surface area contributed by atoms with E-state index in [2.05, 4.69) is 15.0 Å². The molecule has 2 heterocycles. The second kappa shape index (κ2) is 5.97. The van der Waals surface area contributed by atoms with Gasteiger partial charge in [0.15, 0.2) is 0 Å². The van der Waals surface area contributed by atoms with E-state index in [1.54, 1.807) is 24.5 Å². The quantitative estimate of drug-likeness (QED) is 0.788. The predicted molar refractivity (Wildman–Crippen MR) is 87.1 cm³/mol. The minimum atomic E-state index is -0.980. The largest absolute Gasteiger partial charge is 0.412 e. The van der Waals surface area contributed by atoms with E-state index in [-0.39, 0.29) is 11.8 Å². The van der Waals surface area contributed by atoms with Crippen molar-refractivity contribution in [2.75, 3.05) is 0 Å². The molecule has 126 valence electrons. The van der Waals surface area contributed by atoms with Crippen LogP contribution in [0.25, 0.3) is 22.6 Å². The monoisotopic (exact) mass is 339 g/mol. The zero-order valence-corrected chi connectivity index (χ0v) is 13.1. The van der Waals surface area contributed by atoms with Crippen LogP contribution in [0.15, 0.2) is 42.9 Å². The third kappa shape index (κ3) is 3.06. The van der Waals surface area contributed by atoms with Crippen LogP contribution in [0.4, 0.5) is 9.18 Å². The maximum absolute atomic E-state index is 13.2. The molecule has 1 aromatic carbocycles. The van der Waals surface area contributed by atoms with Crippen molar-refractivity contribution in [1.82, 2.24) is 19.5 Å². The molecular formula is C17H14FN5O2. The smallest absolute Gasteiger partial charge is 0.374 e. The van der Waals surface area contributed by atoms with Crippen LogP contribution in [0.2, 0.25) is 0 Å². The van der Waals surface area contributed by atoms with E-state index in [1.807, 2.05) is 4.57 Å². The van der Waals surface area contributed by atoms with Gasteiger partial charge in [0, 0.05) is 17.8 Å².